The minimum absolute atomic E-state index is 0.702. The van der Waals surface area contributed by atoms with E-state index in [1.807, 2.05) is 24.6 Å². The summed E-state index contributed by atoms with van der Waals surface area (Å²) in [4.78, 5) is 0. The second-order valence-electron chi connectivity index (χ2n) is 4.53. The highest BCUT2D eigenvalue weighted by Gasteiger charge is 2.07. The summed E-state index contributed by atoms with van der Waals surface area (Å²) in [6, 6.07) is 12.4. The van der Waals surface area contributed by atoms with Gasteiger partial charge in [-0.05, 0) is 37.6 Å². The average molecular weight is 239 g/mol. The Labute approximate surface area is 108 Å². The Morgan fingerprint density at radius 1 is 1.22 bits per heavy atom. The molecule has 0 aliphatic rings. The first-order chi connectivity index (χ1) is 8.61. The van der Waals surface area contributed by atoms with Crippen LogP contribution >= 0.6 is 0 Å². The molecule has 1 N–H and O–H groups in total. The zero-order chi connectivity index (χ0) is 13.1. The molecule has 0 saturated carbocycles. The maximum Gasteiger partial charge on any atom is 0.120 e. The quantitative estimate of drug-likeness (QED) is 0.894. The highest BCUT2D eigenvalue weighted by atomic mass is 15.0. The van der Waals surface area contributed by atoms with Crippen molar-refractivity contribution in [3.63, 3.8) is 0 Å². The van der Waals surface area contributed by atoms with E-state index in [4.69, 9.17) is 5.26 Å². The number of rotatable bonds is 3. The van der Waals surface area contributed by atoms with Crippen LogP contribution in [0.25, 0.3) is 0 Å². The number of hydrogen-bond acceptors (Lipinski definition) is 2. The monoisotopic (exact) mass is 239 g/mol. The molecule has 0 bridgehead atoms. The Kier molecular flexibility index (Phi) is 3.38. The summed E-state index contributed by atoms with van der Waals surface area (Å²) in [6.07, 6.45) is 0. The average Bonchev–Trinajstić information content (AvgIpc) is 2.65. The third-order valence-corrected chi connectivity index (χ3v) is 3.29. The summed E-state index contributed by atoms with van der Waals surface area (Å²) in [5.74, 6) is 0. The molecule has 0 fully saturated rings. The van der Waals surface area contributed by atoms with Gasteiger partial charge < -0.3 is 9.88 Å². The van der Waals surface area contributed by atoms with Crippen LogP contribution in [0.15, 0.2) is 30.3 Å². The van der Waals surface area contributed by atoms with Gasteiger partial charge in [0.25, 0.3) is 0 Å². The zero-order valence-electron chi connectivity index (χ0n) is 11.0. The van der Waals surface area contributed by atoms with Crippen LogP contribution in [-0.2, 0) is 13.6 Å². The lowest BCUT2D eigenvalue weighted by Gasteiger charge is -2.07. The minimum Gasteiger partial charge on any atom is -0.381 e. The fraction of sp³-hybridized carbons (Fsp3) is 0.267. The van der Waals surface area contributed by atoms with Gasteiger partial charge in [-0.15, -0.1) is 0 Å². The van der Waals surface area contributed by atoms with Crippen molar-refractivity contribution in [1.82, 2.24) is 4.57 Å². The Hall–Kier alpha value is -2.21. The van der Waals surface area contributed by atoms with Gasteiger partial charge in [0.05, 0.1) is 0 Å². The molecule has 0 aliphatic carbocycles. The fourth-order valence-corrected chi connectivity index (χ4v) is 1.92. The maximum atomic E-state index is 8.98. The van der Waals surface area contributed by atoms with Crippen LogP contribution in [0.4, 0.5) is 5.69 Å². The van der Waals surface area contributed by atoms with Gasteiger partial charge in [-0.2, -0.15) is 5.26 Å². The highest BCUT2D eigenvalue weighted by Crippen LogP contribution is 2.16. The van der Waals surface area contributed by atoms with Gasteiger partial charge in [0.1, 0.15) is 11.8 Å². The normalized spacial score (nSPS) is 10.1. The van der Waals surface area contributed by atoms with Crippen molar-refractivity contribution in [2.75, 3.05) is 5.32 Å². The highest BCUT2D eigenvalue weighted by molar-refractivity contribution is 5.46. The Bertz CT molecular complexity index is 585. The largest absolute Gasteiger partial charge is 0.381 e. The Balaban J connectivity index is 2.11. The number of hydrogen-bond donors (Lipinski definition) is 1. The number of nitriles is 1. The SMILES string of the molecule is Cc1ccc(NCc2cc(C#N)n(C)c2C)cc1. The van der Waals surface area contributed by atoms with Crippen molar-refractivity contribution >= 4 is 5.69 Å². The molecule has 1 aromatic carbocycles. The van der Waals surface area contributed by atoms with Crippen molar-refractivity contribution < 1.29 is 0 Å². The molecule has 0 atom stereocenters. The lowest BCUT2D eigenvalue weighted by molar-refractivity contribution is 0.856. The van der Waals surface area contributed by atoms with E-state index in [0.717, 1.165) is 23.5 Å². The first kappa shape index (κ1) is 12.3. The topological polar surface area (TPSA) is 40.8 Å². The molecular formula is C15H17N3. The van der Waals surface area contributed by atoms with Gasteiger partial charge in [0.2, 0.25) is 0 Å². The molecule has 0 amide bonds. The van der Waals surface area contributed by atoms with E-state index in [-0.39, 0.29) is 0 Å². The molecule has 18 heavy (non-hydrogen) atoms. The number of aromatic nitrogens is 1. The molecule has 0 aliphatic heterocycles. The molecule has 0 spiro atoms. The van der Waals surface area contributed by atoms with Gasteiger partial charge in [-0.1, -0.05) is 17.7 Å². The molecule has 92 valence electrons. The number of anilines is 1. The summed E-state index contributed by atoms with van der Waals surface area (Å²) < 4.78 is 1.92. The van der Waals surface area contributed by atoms with Crippen LogP contribution in [0.5, 0.6) is 0 Å². The second-order valence-corrected chi connectivity index (χ2v) is 4.53. The van der Waals surface area contributed by atoms with E-state index in [0.29, 0.717) is 5.69 Å². The number of aryl methyl sites for hydroxylation is 1. The van der Waals surface area contributed by atoms with Crippen LogP contribution in [0, 0.1) is 25.2 Å². The number of nitrogens with zero attached hydrogens (tertiary/aromatic N) is 2. The predicted octanol–water partition coefficient (Wildman–Crippen LogP) is 3.13. The van der Waals surface area contributed by atoms with Crippen LogP contribution in [0.1, 0.15) is 22.5 Å². The van der Waals surface area contributed by atoms with E-state index >= 15 is 0 Å². The summed E-state index contributed by atoms with van der Waals surface area (Å²) >= 11 is 0. The molecule has 0 saturated heterocycles. The summed E-state index contributed by atoms with van der Waals surface area (Å²) in [5, 5.41) is 12.4. The zero-order valence-corrected chi connectivity index (χ0v) is 11.0. The summed E-state index contributed by atoms with van der Waals surface area (Å²) in [7, 11) is 1.92. The predicted molar refractivity (Wildman–Crippen MR) is 73.4 cm³/mol. The maximum absolute atomic E-state index is 8.98. The summed E-state index contributed by atoms with van der Waals surface area (Å²) in [5.41, 5.74) is 5.35. The first-order valence-electron chi connectivity index (χ1n) is 5.97. The van der Waals surface area contributed by atoms with Crippen LogP contribution in [0.3, 0.4) is 0 Å². The Morgan fingerprint density at radius 3 is 2.44 bits per heavy atom. The van der Waals surface area contributed by atoms with E-state index in [1.54, 1.807) is 0 Å². The second kappa shape index (κ2) is 4.97. The molecule has 3 nitrogen and oxygen atoms in total. The number of benzene rings is 1. The van der Waals surface area contributed by atoms with Gasteiger partial charge in [0, 0.05) is 25.0 Å². The first-order valence-corrected chi connectivity index (χ1v) is 5.97. The van der Waals surface area contributed by atoms with Crippen LogP contribution in [-0.4, -0.2) is 4.57 Å². The smallest absolute Gasteiger partial charge is 0.120 e. The fourth-order valence-electron chi connectivity index (χ4n) is 1.92. The van der Waals surface area contributed by atoms with Crippen molar-refractivity contribution in [3.8, 4) is 6.07 Å². The van der Waals surface area contributed by atoms with Crippen molar-refractivity contribution in [3.05, 3.63) is 52.8 Å². The van der Waals surface area contributed by atoms with Gasteiger partial charge in [-0.25, -0.2) is 0 Å². The molecule has 1 aromatic heterocycles. The molecule has 3 heteroatoms. The lowest BCUT2D eigenvalue weighted by atomic mass is 10.2. The molecular weight excluding hydrogens is 222 g/mol. The third-order valence-electron chi connectivity index (χ3n) is 3.29. The van der Waals surface area contributed by atoms with Crippen molar-refractivity contribution in [1.29, 1.82) is 5.26 Å². The molecule has 2 rings (SSSR count). The van der Waals surface area contributed by atoms with Gasteiger partial charge >= 0.3 is 0 Å². The van der Waals surface area contributed by atoms with Gasteiger partial charge in [-0.3, -0.25) is 0 Å². The minimum atomic E-state index is 0.702. The molecule has 0 radical (unpaired) electrons. The Morgan fingerprint density at radius 2 is 1.89 bits per heavy atom. The third kappa shape index (κ3) is 2.38. The van der Waals surface area contributed by atoms with Gasteiger partial charge in [0.15, 0.2) is 0 Å². The standard InChI is InChI=1S/C15H17N3/c1-11-4-6-14(7-5-11)17-10-13-8-15(9-16)18(3)12(13)2/h4-8,17H,10H2,1-3H3. The van der Waals surface area contributed by atoms with Crippen LogP contribution in [0.2, 0.25) is 0 Å². The van der Waals surface area contributed by atoms with E-state index in [2.05, 4.69) is 42.6 Å². The number of nitrogens with one attached hydrogen (secondary N) is 1. The van der Waals surface area contributed by atoms with Crippen molar-refractivity contribution in [2.24, 2.45) is 7.05 Å². The lowest BCUT2D eigenvalue weighted by Crippen LogP contribution is -2.01. The summed E-state index contributed by atoms with van der Waals surface area (Å²) in [6.45, 7) is 4.85. The molecule has 1 heterocycles. The molecule has 0 unspecified atom stereocenters. The van der Waals surface area contributed by atoms with E-state index < -0.39 is 0 Å². The molecule has 2 aromatic rings. The van der Waals surface area contributed by atoms with E-state index in [9.17, 15) is 0 Å². The van der Waals surface area contributed by atoms with Crippen molar-refractivity contribution in [2.45, 2.75) is 20.4 Å². The van der Waals surface area contributed by atoms with E-state index in [1.165, 1.54) is 5.56 Å². The van der Waals surface area contributed by atoms with Crippen LogP contribution < -0.4 is 5.32 Å².